The Morgan fingerprint density at radius 1 is 1.17 bits per heavy atom. The summed E-state index contributed by atoms with van der Waals surface area (Å²) >= 11 is 0. The number of aliphatic hydroxyl groups excluding tert-OH is 1. The quantitative estimate of drug-likeness (QED) is 0.0633. The molecule has 36 heavy (non-hydrogen) atoms. The Hall–Kier alpha value is -3.78. The third kappa shape index (κ3) is 8.46. The van der Waals surface area contributed by atoms with Crippen LogP contribution in [0, 0.1) is 18.2 Å². The molecule has 0 heterocycles. The summed E-state index contributed by atoms with van der Waals surface area (Å²) in [5, 5.41) is 20.7. The van der Waals surface area contributed by atoms with Crippen molar-refractivity contribution in [2.24, 2.45) is 0 Å². The fourth-order valence-corrected chi connectivity index (χ4v) is 3.35. The minimum absolute atomic E-state index is 0.0685. The molecule has 0 fully saturated rings. The predicted octanol–water partition coefficient (Wildman–Crippen LogP) is 4.90. The Morgan fingerprint density at radius 3 is 2.42 bits per heavy atom. The second kappa shape index (κ2) is 12.8. The van der Waals surface area contributed by atoms with Gasteiger partial charge >= 0.3 is 5.97 Å². The van der Waals surface area contributed by atoms with Crippen LogP contribution in [-0.4, -0.2) is 48.4 Å². The Balaban J connectivity index is 2.06. The number of carbonyl (C=O) groups excluding carboxylic acids is 2. The highest BCUT2D eigenvalue weighted by Crippen LogP contribution is 2.21. The van der Waals surface area contributed by atoms with E-state index in [1.54, 1.807) is 20.0 Å². The molecular formula is C28H34FN3O4. The molecule has 0 aliphatic carbocycles. The Kier molecular flexibility index (Phi) is 10.1. The first-order valence-corrected chi connectivity index (χ1v) is 11.6. The topological polar surface area (TPSA) is 103 Å². The molecule has 0 unspecified atom stereocenters. The van der Waals surface area contributed by atoms with Gasteiger partial charge in [-0.25, -0.2) is 4.39 Å². The number of hydrogen-bond acceptors (Lipinski definition) is 6. The zero-order chi connectivity index (χ0) is 26.9. The molecule has 0 atom stereocenters. The first-order valence-electron chi connectivity index (χ1n) is 11.6. The largest absolute Gasteiger partial charge is 0.516 e. The number of allylic oxidation sites excluding steroid dienone is 2. The molecule has 0 radical (unpaired) electrons. The number of anilines is 1. The second-order valence-corrected chi connectivity index (χ2v) is 9.32. The number of ether oxygens (including phenoxy) is 1. The number of hydrogen-bond donors (Lipinski definition) is 3. The summed E-state index contributed by atoms with van der Waals surface area (Å²) in [6.07, 6.45) is 3.93. The van der Waals surface area contributed by atoms with Crippen LogP contribution in [0.3, 0.4) is 0 Å². The van der Waals surface area contributed by atoms with E-state index in [4.69, 9.17) is 15.3 Å². The maximum absolute atomic E-state index is 14.4. The van der Waals surface area contributed by atoms with E-state index in [9.17, 15) is 14.0 Å². The number of ketones is 1. The van der Waals surface area contributed by atoms with E-state index in [-0.39, 0.29) is 29.5 Å². The van der Waals surface area contributed by atoms with Gasteiger partial charge in [0.2, 0.25) is 0 Å². The highest BCUT2D eigenvalue weighted by Gasteiger charge is 2.23. The van der Waals surface area contributed by atoms with Crippen molar-refractivity contribution in [2.45, 2.75) is 39.7 Å². The molecule has 2 aromatic carbocycles. The van der Waals surface area contributed by atoms with Gasteiger partial charge in [-0.2, -0.15) is 0 Å². The third-order valence-corrected chi connectivity index (χ3v) is 5.16. The highest BCUT2D eigenvalue weighted by atomic mass is 19.1. The minimum atomic E-state index is -0.668. The van der Waals surface area contributed by atoms with Crippen LogP contribution in [0.1, 0.15) is 42.3 Å². The van der Waals surface area contributed by atoms with Crippen LogP contribution in [0.4, 0.5) is 10.1 Å². The van der Waals surface area contributed by atoms with Crippen molar-refractivity contribution in [1.29, 1.82) is 5.41 Å². The van der Waals surface area contributed by atoms with Gasteiger partial charge in [-0.1, -0.05) is 18.2 Å². The molecule has 3 N–H and O–H groups in total. The van der Waals surface area contributed by atoms with Gasteiger partial charge in [0.25, 0.3) is 0 Å². The van der Waals surface area contributed by atoms with Crippen LogP contribution < -0.4 is 10.2 Å². The van der Waals surface area contributed by atoms with Crippen molar-refractivity contribution in [2.75, 3.05) is 25.0 Å². The maximum Gasteiger partial charge on any atom is 0.320 e. The highest BCUT2D eigenvalue weighted by molar-refractivity contribution is 6.30. The lowest BCUT2D eigenvalue weighted by Gasteiger charge is -2.22. The standard InChI is InChI=1S/C28H34FN3O4/c1-19-8-13-22(24(29)17-19)26(35)23(7-6-16-33)27(30)32(5)21-11-9-20(10-12-21)14-15-31-18-25(34)36-28(2,3)4/h6-13,16-17,30-31,33H,14-15,18H2,1-5H3. The van der Waals surface area contributed by atoms with Gasteiger partial charge < -0.3 is 20.1 Å². The number of nitrogens with zero attached hydrogens (tertiary/aromatic N) is 1. The second-order valence-electron chi connectivity index (χ2n) is 9.32. The molecule has 2 aromatic rings. The van der Waals surface area contributed by atoms with E-state index >= 15 is 0 Å². The average Bonchev–Trinajstić information content (AvgIpc) is 2.80. The number of Topliss-reactive ketones (excluding diaryl/α,β-unsaturated/α-hetero) is 1. The molecule has 8 heteroatoms. The lowest BCUT2D eigenvalue weighted by Crippen LogP contribution is -2.32. The van der Waals surface area contributed by atoms with Gasteiger partial charge in [-0.15, -0.1) is 0 Å². The van der Waals surface area contributed by atoms with E-state index in [2.05, 4.69) is 5.32 Å². The number of likely N-dealkylation sites (N-methyl/N-ethyl adjacent to an activating group) is 1. The normalized spacial score (nSPS) is 12.0. The number of esters is 1. The number of amidine groups is 1. The number of aliphatic hydroxyl groups is 1. The number of nitrogens with one attached hydrogen (secondary N) is 2. The van der Waals surface area contributed by atoms with Gasteiger partial charge in [0.1, 0.15) is 17.3 Å². The lowest BCUT2D eigenvalue weighted by atomic mass is 9.99. The molecule has 0 amide bonds. The summed E-state index contributed by atoms with van der Waals surface area (Å²) < 4.78 is 19.7. The maximum atomic E-state index is 14.4. The Morgan fingerprint density at radius 2 is 1.83 bits per heavy atom. The first kappa shape index (κ1) is 28.5. The Bertz CT molecular complexity index is 1150. The summed E-state index contributed by atoms with van der Waals surface area (Å²) in [5.74, 6) is -1.78. The number of halogens is 1. The van der Waals surface area contributed by atoms with Crippen LogP contribution in [0.2, 0.25) is 0 Å². The summed E-state index contributed by atoms with van der Waals surface area (Å²) in [7, 11) is 1.63. The van der Waals surface area contributed by atoms with Gasteiger partial charge in [-0.3, -0.25) is 15.0 Å². The molecule has 0 bridgehead atoms. The van der Waals surface area contributed by atoms with Crippen LogP contribution in [0.5, 0.6) is 0 Å². The van der Waals surface area contributed by atoms with Crippen LogP contribution in [0.25, 0.3) is 0 Å². The molecule has 0 aromatic heterocycles. The average molecular weight is 496 g/mol. The monoisotopic (exact) mass is 495 g/mol. The van der Waals surface area contributed by atoms with Gasteiger partial charge in [-0.05, 0) is 88.2 Å². The van der Waals surface area contributed by atoms with E-state index in [1.165, 1.54) is 29.2 Å². The van der Waals surface area contributed by atoms with Gasteiger partial charge in [0.05, 0.1) is 23.9 Å². The molecular weight excluding hydrogens is 461 g/mol. The number of rotatable bonds is 10. The van der Waals surface area contributed by atoms with Crippen LogP contribution in [0.15, 0.2) is 66.5 Å². The summed E-state index contributed by atoms with van der Waals surface area (Å²) in [6, 6.07) is 11.7. The predicted molar refractivity (Wildman–Crippen MR) is 140 cm³/mol. The fourth-order valence-electron chi connectivity index (χ4n) is 3.35. The molecule has 0 aliphatic rings. The van der Waals surface area contributed by atoms with E-state index in [0.717, 1.165) is 11.8 Å². The van der Waals surface area contributed by atoms with Crippen molar-refractivity contribution in [3.05, 3.63) is 89.0 Å². The van der Waals surface area contributed by atoms with Crippen LogP contribution >= 0.6 is 0 Å². The zero-order valence-electron chi connectivity index (χ0n) is 21.4. The van der Waals surface area contributed by atoms with Crippen molar-refractivity contribution < 1.29 is 23.8 Å². The van der Waals surface area contributed by atoms with Gasteiger partial charge in [0.15, 0.2) is 5.78 Å². The molecule has 7 nitrogen and oxygen atoms in total. The SMILES string of the molecule is Cc1ccc(C(=O)C(=CC=CO)C(=N)N(C)c2ccc(CCNCC(=O)OC(C)(C)C)cc2)c(F)c1. The first-order chi connectivity index (χ1) is 16.9. The number of carbonyl (C=O) groups is 2. The molecule has 192 valence electrons. The Labute approximate surface area is 211 Å². The summed E-state index contributed by atoms with van der Waals surface area (Å²) in [6.45, 7) is 7.90. The molecule has 0 saturated carbocycles. The molecule has 0 aliphatic heterocycles. The smallest absolute Gasteiger partial charge is 0.320 e. The van der Waals surface area contributed by atoms with Gasteiger partial charge in [0, 0.05) is 12.7 Å². The van der Waals surface area contributed by atoms with E-state index in [0.29, 0.717) is 24.2 Å². The zero-order valence-corrected chi connectivity index (χ0v) is 21.4. The molecule has 2 rings (SSSR count). The summed E-state index contributed by atoms with van der Waals surface area (Å²) in [5.41, 5.74) is 1.62. The third-order valence-electron chi connectivity index (χ3n) is 5.16. The van der Waals surface area contributed by atoms with Crippen LogP contribution in [-0.2, 0) is 16.0 Å². The van der Waals surface area contributed by atoms with Crippen molar-refractivity contribution in [1.82, 2.24) is 5.32 Å². The van der Waals surface area contributed by atoms with Crippen molar-refractivity contribution in [3.8, 4) is 0 Å². The van der Waals surface area contributed by atoms with E-state index < -0.39 is 17.2 Å². The lowest BCUT2D eigenvalue weighted by molar-refractivity contribution is -0.153. The molecule has 0 spiro atoms. The number of aryl methyl sites for hydroxylation is 1. The fraction of sp³-hybridized carbons (Fsp3) is 0.321. The number of benzene rings is 2. The molecule has 0 saturated heterocycles. The van der Waals surface area contributed by atoms with Crippen molar-refractivity contribution >= 4 is 23.3 Å². The van der Waals surface area contributed by atoms with E-state index in [1.807, 2.05) is 45.0 Å². The minimum Gasteiger partial charge on any atom is -0.516 e. The van der Waals surface area contributed by atoms with Crippen molar-refractivity contribution in [3.63, 3.8) is 0 Å². The summed E-state index contributed by atoms with van der Waals surface area (Å²) in [4.78, 5) is 26.3.